The SMILES string of the molecule is Cc1nn(COCC[Si](C)(C)C)c(C)c1-c1ccc(NC(=O)[C@H](c2cnn(CCCS(C)=O)c2C(N)=O)C(C2CCCCC2)C2CCCCC2)cc1. The minimum atomic E-state index is -1.17. The zero-order chi connectivity index (χ0) is 37.4. The average Bonchev–Trinajstić information content (AvgIpc) is 3.65. The Balaban J connectivity index is 1.44. The number of aryl methyl sites for hydroxylation is 2. The van der Waals surface area contributed by atoms with Crippen molar-refractivity contribution in [3.05, 3.63) is 53.1 Å². The molecular formula is C40H62N6O4SSi. The fraction of sp³-hybridized carbons (Fsp3) is 0.650. The lowest BCUT2D eigenvalue weighted by Gasteiger charge is -2.42. The van der Waals surface area contributed by atoms with Crippen molar-refractivity contribution >= 4 is 36.4 Å². The van der Waals surface area contributed by atoms with Gasteiger partial charge in [-0.25, -0.2) is 4.68 Å². The average molecular weight is 751 g/mol. The molecule has 10 nitrogen and oxygen atoms in total. The summed E-state index contributed by atoms with van der Waals surface area (Å²) in [4.78, 5) is 28.0. The Labute approximate surface area is 314 Å². The zero-order valence-corrected chi connectivity index (χ0v) is 34.2. The van der Waals surface area contributed by atoms with E-state index in [1.165, 1.54) is 38.5 Å². The van der Waals surface area contributed by atoms with Gasteiger partial charge in [-0.05, 0) is 61.8 Å². The molecule has 286 valence electrons. The van der Waals surface area contributed by atoms with Crippen LogP contribution < -0.4 is 11.1 Å². The van der Waals surface area contributed by atoms with Gasteiger partial charge in [0.15, 0.2) is 0 Å². The van der Waals surface area contributed by atoms with Crippen molar-refractivity contribution < 1.29 is 18.5 Å². The first-order chi connectivity index (χ1) is 24.8. The Kier molecular flexibility index (Phi) is 14.1. The predicted molar refractivity (Wildman–Crippen MR) is 214 cm³/mol. The van der Waals surface area contributed by atoms with Crippen LogP contribution in [0.4, 0.5) is 5.69 Å². The van der Waals surface area contributed by atoms with Gasteiger partial charge in [0.25, 0.3) is 5.91 Å². The number of carbonyl (C=O) groups excluding carboxylic acids is 2. The number of rotatable bonds is 17. The van der Waals surface area contributed by atoms with Crippen LogP contribution in [0.1, 0.15) is 104 Å². The van der Waals surface area contributed by atoms with Crippen molar-refractivity contribution in [3.63, 3.8) is 0 Å². The Hall–Kier alpha value is -3.09. The molecular weight excluding hydrogens is 689 g/mol. The molecule has 2 aromatic heterocycles. The summed E-state index contributed by atoms with van der Waals surface area (Å²) in [5.41, 5.74) is 11.8. The lowest BCUT2D eigenvalue weighted by atomic mass is 9.63. The number of amides is 2. The van der Waals surface area contributed by atoms with Crippen LogP contribution in [-0.2, 0) is 33.6 Å². The molecule has 52 heavy (non-hydrogen) atoms. The summed E-state index contributed by atoms with van der Waals surface area (Å²) >= 11 is 0. The summed E-state index contributed by atoms with van der Waals surface area (Å²) in [7, 11) is -2.12. The van der Waals surface area contributed by atoms with Gasteiger partial charge < -0.3 is 15.8 Å². The third-order valence-corrected chi connectivity index (χ3v) is 13.9. The highest BCUT2D eigenvalue weighted by Gasteiger charge is 2.43. The molecule has 0 aliphatic heterocycles. The van der Waals surface area contributed by atoms with Crippen LogP contribution in [0.2, 0.25) is 25.7 Å². The normalized spacial score (nSPS) is 17.4. The van der Waals surface area contributed by atoms with Gasteiger partial charge >= 0.3 is 0 Å². The van der Waals surface area contributed by atoms with Crippen molar-refractivity contribution in [2.24, 2.45) is 23.5 Å². The molecule has 2 fully saturated rings. The van der Waals surface area contributed by atoms with Crippen LogP contribution in [-0.4, -0.2) is 62.3 Å². The summed E-state index contributed by atoms with van der Waals surface area (Å²) in [5, 5.41) is 12.7. The number of aromatic nitrogens is 4. The summed E-state index contributed by atoms with van der Waals surface area (Å²) in [6.45, 7) is 12.7. The maximum atomic E-state index is 14.8. The van der Waals surface area contributed by atoms with E-state index in [0.29, 0.717) is 54.2 Å². The van der Waals surface area contributed by atoms with Gasteiger partial charge in [-0.3, -0.25) is 18.5 Å². The number of benzene rings is 1. The Bertz CT molecular complexity index is 1650. The van der Waals surface area contributed by atoms with Crippen LogP contribution in [0.15, 0.2) is 30.5 Å². The van der Waals surface area contributed by atoms with E-state index in [-0.39, 0.29) is 11.8 Å². The molecule has 3 aromatic rings. The highest BCUT2D eigenvalue weighted by Crippen LogP contribution is 2.48. The number of nitrogens with zero attached hydrogens (tertiary/aromatic N) is 4. The molecule has 0 spiro atoms. The quantitative estimate of drug-likeness (QED) is 0.106. The smallest absolute Gasteiger partial charge is 0.267 e. The number of carbonyl (C=O) groups is 2. The fourth-order valence-corrected chi connectivity index (χ4v) is 9.98. The predicted octanol–water partition coefficient (Wildman–Crippen LogP) is 8.04. The third kappa shape index (κ3) is 10.3. The maximum Gasteiger partial charge on any atom is 0.267 e. The van der Waals surface area contributed by atoms with Gasteiger partial charge in [0.2, 0.25) is 5.91 Å². The van der Waals surface area contributed by atoms with Crippen LogP contribution in [0.25, 0.3) is 11.1 Å². The molecule has 0 bridgehead atoms. The van der Waals surface area contributed by atoms with Gasteiger partial charge in [-0.2, -0.15) is 10.2 Å². The van der Waals surface area contributed by atoms with Crippen molar-refractivity contribution in [3.8, 4) is 11.1 Å². The van der Waals surface area contributed by atoms with Crippen LogP contribution in [0.5, 0.6) is 0 Å². The van der Waals surface area contributed by atoms with E-state index in [4.69, 9.17) is 15.6 Å². The molecule has 5 rings (SSSR count). The number of anilines is 1. The summed E-state index contributed by atoms with van der Waals surface area (Å²) in [5.74, 6) is 0.125. The van der Waals surface area contributed by atoms with Crippen LogP contribution in [0, 0.1) is 31.6 Å². The van der Waals surface area contributed by atoms with Crippen LogP contribution in [0.3, 0.4) is 0 Å². The molecule has 2 aliphatic rings. The number of nitrogens with two attached hydrogens (primary N) is 1. The molecule has 0 saturated heterocycles. The lowest BCUT2D eigenvalue weighted by molar-refractivity contribution is -0.120. The number of primary amides is 1. The van der Waals surface area contributed by atoms with Gasteiger partial charge in [0.1, 0.15) is 12.4 Å². The molecule has 2 heterocycles. The topological polar surface area (TPSA) is 134 Å². The number of ether oxygens (including phenoxy) is 1. The summed E-state index contributed by atoms with van der Waals surface area (Å²) in [6.07, 6.45) is 15.5. The largest absolute Gasteiger partial charge is 0.364 e. The number of hydrogen-bond acceptors (Lipinski definition) is 6. The van der Waals surface area contributed by atoms with E-state index in [1.807, 2.05) is 35.9 Å². The first-order valence-electron chi connectivity index (χ1n) is 19.5. The highest BCUT2D eigenvalue weighted by atomic mass is 32.2. The van der Waals surface area contributed by atoms with Gasteiger partial charge in [-0.1, -0.05) is 96.0 Å². The van der Waals surface area contributed by atoms with E-state index in [0.717, 1.165) is 60.8 Å². The van der Waals surface area contributed by atoms with Crippen molar-refractivity contribution in [2.45, 2.75) is 129 Å². The zero-order valence-electron chi connectivity index (χ0n) is 32.4. The molecule has 2 amide bonds. The van der Waals surface area contributed by atoms with Gasteiger partial charge in [-0.15, -0.1) is 0 Å². The second-order valence-electron chi connectivity index (χ2n) is 16.5. The molecule has 1 unspecified atom stereocenters. The first-order valence-corrected chi connectivity index (χ1v) is 25.0. The molecule has 0 radical (unpaired) electrons. The first kappa shape index (κ1) is 40.1. The minimum Gasteiger partial charge on any atom is -0.364 e. The fourth-order valence-electron chi connectivity index (χ4n) is 8.68. The Morgan fingerprint density at radius 3 is 2.15 bits per heavy atom. The number of hydrogen-bond donors (Lipinski definition) is 2. The van der Waals surface area contributed by atoms with Crippen molar-refractivity contribution in [1.82, 2.24) is 19.6 Å². The summed E-state index contributed by atoms with van der Waals surface area (Å²) < 4.78 is 21.4. The monoisotopic (exact) mass is 750 g/mol. The lowest BCUT2D eigenvalue weighted by Crippen LogP contribution is -2.39. The Morgan fingerprint density at radius 2 is 1.60 bits per heavy atom. The van der Waals surface area contributed by atoms with Crippen molar-refractivity contribution in [2.75, 3.05) is 23.9 Å². The Morgan fingerprint density at radius 1 is 0.981 bits per heavy atom. The van der Waals surface area contributed by atoms with E-state index < -0.39 is 30.7 Å². The maximum absolute atomic E-state index is 14.8. The van der Waals surface area contributed by atoms with E-state index in [9.17, 15) is 13.8 Å². The minimum absolute atomic E-state index is 0.0860. The number of nitrogens with one attached hydrogen (secondary N) is 1. The highest BCUT2D eigenvalue weighted by molar-refractivity contribution is 7.84. The van der Waals surface area contributed by atoms with E-state index in [1.54, 1.807) is 17.1 Å². The van der Waals surface area contributed by atoms with Gasteiger partial charge in [0, 0.05) is 66.5 Å². The van der Waals surface area contributed by atoms with Crippen molar-refractivity contribution in [1.29, 1.82) is 0 Å². The third-order valence-electron chi connectivity index (χ3n) is 11.3. The van der Waals surface area contributed by atoms with E-state index in [2.05, 4.69) is 37.0 Å². The van der Waals surface area contributed by atoms with E-state index >= 15 is 0 Å². The van der Waals surface area contributed by atoms with Crippen LogP contribution >= 0.6 is 0 Å². The second-order valence-corrected chi connectivity index (χ2v) is 23.7. The summed E-state index contributed by atoms with van der Waals surface area (Å²) in [6, 6.07) is 9.13. The second kappa shape index (κ2) is 18.3. The van der Waals surface area contributed by atoms with Gasteiger partial charge in [0.05, 0.1) is 17.8 Å². The molecule has 3 N–H and O–H groups in total. The standard InChI is InChI=1S/C40H62N6O4SSi/c1-28-35(29(2)46(44-28)27-50-23-25-52(4,5)6)32-18-20-33(21-19-32)43-40(48)37(34-26-42-45(38(34)39(41)47)22-13-24-51(3)49)36(30-14-9-7-10-15-30)31-16-11-8-12-17-31/h18-21,26,30-31,36-37H,7-17,22-25,27H2,1-6H3,(H2,41,47)(H,43,48)/t37-,51?/m1/s1. The molecule has 2 aliphatic carbocycles. The molecule has 2 saturated carbocycles. The molecule has 12 heteroatoms. The molecule has 2 atom stereocenters. The molecule has 1 aromatic carbocycles.